The van der Waals surface area contributed by atoms with Gasteiger partial charge in [-0.15, -0.1) is 0 Å². The molecule has 0 unspecified atom stereocenters. The van der Waals surface area contributed by atoms with Crippen LogP contribution < -0.4 is 11.1 Å². The largest absolute Gasteiger partial charge is 0.388 e. The lowest BCUT2D eigenvalue weighted by molar-refractivity contribution is -0.0447. The highest BCUT2D eigenvalue weighted by atomic mass is 16.6. The van der Waals surface area contributed by atoms with Crippen molar-refractivity contribution in [1.82, 2.24) is 34.8 Å². The number of aliphatic hydroxyl groups is 2. The molecule has 3 aromatic heterocycles. The van der Waals surface area contributed by atoms with Gasteiger partial charge in [-0.3, -0.25) is 4.57 Å². The van der Waals surface area contributed by atoms with E-state index in [1.165, 1.54) is 31.1 Å². The molecule has 2 aliphatic carbocycles. The minimum Gasteiger partial charge on any atom is -0.388 e. The van der Waals surface area contributed by atoms with E-state index < -0.39 is 24.5 Å². The third-order valence-corrected chi connectivity index (χ3v) is 8.93. The molecule has 2 saturated carbocycles. The molecular weight excluding hydrogens is 508 g/mol. The fraction of sp³-hybridized carbons (Fsp3) is 0.586. The van der Waals surface area contributed by atoms with Crippen LogP contribution >= 0.6 is 0 Å². The Morgan fingerprint density at radius 1 is 1.15 bits per heavy atom. The summed E-state index contributed by atoms with van der Waals surface area (Å²) in [6, 6.07) is 7.10. The molecule has 4 atom stereocenters. The first-order valence-electron chi connectivity index (χ1n) is 14.4. The number of rotatable bonds is 9. The Morgan fingerprint density at radius 2 is 1.98 bits per heavy atom. The molecule has 6 N–H and O–H groups in total. The van der Waals surface area contributed by atoms with Gasteiger partial charge >= 0.3 is 0 Å². The number of aromatic amines is 1. The number of anilines is 1. The Hall–Kier alpha value is -3.12. The van der Waals surface area contributed by atoms with Gasteiger partial charge in [-0.1, -0.05) is 6.07 Å². The number of ether oxygens (including phenoxy) is 1. The number of aryl methyl sites for hydroxylation is 1. The van der Waals surface area contributed by atoms with Crippen molar-refractivity contribution in [2.24, 2.45) is 5.92 Å². The first kappa shape index (κ1) is 25.8. The fourth-order valence-electron chi connectivity index (χ4n) is 6.59. The molecule has 40 heavy (non-hydrogen) atoms. The fourth-order valence-corrected chi connectivity index (χ4v) is 6.59. The summed E-state index contributed by atoms with van der Waals surface area (Å²) in [5.41, 5.74) is 10.2. The first-order chi connectivity index (χ1) is 19.2. The second kappa shape index (κ2) is 9.76. The van der Waals surface area contributed by atoms with E-state index in [-0.39, 0.29) is 11.4 Å². The molecular formula is C29H38N8O3. The first-order valence-corrected chi connectivity index (χ1v) is 14.4. The van der Waals surface area contributed by atoms with Crippen LogP contribution in [0, 0.1) is 5.92 Å². The summed E-state index contributed by atoms with van der Waals surface area (Å²) in [5.74, 6) is 2.76. The van der Waals surface area contributed by atoms with Crippen molar-refractivity contribution in [3.63, 3.8) is 0 Å². The molecule has 0 amide bonds. The van der Waals surface area contributed by atoms with Gasteiger partial charge < -0.3 is 31.0 Å². The van der Waals surface area contributed by atoms with Crippen LogP contribution in [0.4, 0.5) is 5.82 Å². The Bertz CT molecular complexity index is 1520. The van der Waals surface area contributed by atoms with Gasteiger partial charge in [0.2, 0.25) is 0 Å². The van der Waals surface area contributed by atoms with Crippen LogP contribution in [0.15, 0.2) is 30.9 Å². The molecule has 1 saturated heterocycles. The van der Waals surface area contributed by atoms with Gasteiger partial charge in [0.25, 0.3) is 0 Å². The number of benzene rings is 1. The number of nitrogens with two attached hydrogens (primary N) is 1. The maximum absolute atomic E-state index is 10.8. The minimum absolute atomic E-state index is 0.262. The highest BCUT2D eigenvalue weighted by molar-refractivity contribution is 5.81. The average molecular weight is 547 g/mol. The van der Waals surface area contributed by atoms with E-state index in [9.17, 15) is 10.2 Å². The number of aromatic nitrogens is 6. The third-order valence-electron chi connectivity index (χ3n) is 8.93. The second-order valence-corrected chi connectivity index (χ2v) is 12.7. The normalized spacial score (nSPS) is 28.9. The van der Waals surface area contributed by atoms with E-state index in [2.05, 4.69) is 57.3 Å². The summed E-state index contributed by atoms with van der Waals surface area (Å²) >= 11 is 0. The van der Waals surface area contributed by atoms with Crippen molar-refractivity contribution < 1.29 is 14.9 Å². The Kier molecular flexibility index (Phi) is 6.30. The molecule has 7 rings (SSSR count). The van der Waals surface area contributed by atoms with Crippen molar-refractivity contribution in [3.05, 3.63) is 42.2 Å². The summed E-state index contributed by atoms with van der Waals surface area (Å²) in [5, 5.41) is 25.4. The van der Waals surface area contributed by atoms with Crippen molar-refractivity contribution in [2.45, 2.75) is 101 Å². The lowest BCUT2D eigenvalue weighted by Gasteiger charge is -2.42. The van der Waals surface area contributed by atoms with E-state index in [0.29, 0.717) is 29.5 Å². The lowest BCUT2D eigenvalue weighted by atomic mass is 9.76. The zero-order valence-electron chi connectivity index (χ0n) is 23.0. The summed E-state index contributed by atoms with van der Waals surface area (Å²) in [7, 11) is 0. The van der Waals surface area contributed by atoms with Crippen molar-refractivity contribution >= 4 is 28.0 Å². The third kappa shape index (κ3) is 4.85. The summed E-state index contributed by atoms with van der Waals surface area (Å²) in [6.07, 6.45) is 6.89. The predicted octanol–water partition coefficient (Wildman–Crippen LogP) is 2.95. The molecule has 11 heteroatoms. The number of nitrogens with one attached hydrogen (secondary N) is 2. The number of fused-ring (bicyclic) bond motifs is 2. The predicted molar refractivity (Wildman–Crippen MR) is 150 cm³/mol. The van der Waals surface area contributed by atoms with Crippen molar-refractivity contribution in [1.29, 1.82) is 0 Å². The molecule has 0 spiro atoms. The molecule has 1 aliphatic heterocycles. The van der Waals surface area contributed by atoms with E-state index in [1.54, 1.807) is 4.57 Å². The van der Waals surface area contributed by atoms with Gasteiger partial charge in [-0.25, -0.2) is 19.9 Å². The highest BCUT2D eigenvalue weighted by Crippen LogP contribution is 2.41. The number of nitrogens with zero attached hydrogens (tertiary/aromatic N) is 5. The van der Waals surface area contributed by atoms with Crippen LogP contribution in [0.25, 0.3) is 22.2 Å². The minimum atomic E-state index is -1.11. The van der Waals surface area contributed by atoms with Gasteiger partial charge in [0.1, 0.15) is 29.9 Å². The Labute approximate surface area is 232 Å². The zero-order chi connectivity index (χ0) is 27.6. The standard InChI is InChI=1S/C29H38N8O3/c1-29(2,12-21-24(38)25(39)28(40-21)37-14-33-23-26(30)31-13-32-27(23)37)36-18-9-15(10-18)3-8-22-34-19-7-6-17(16-4-5-16)11-20(19)35-22/h6-7,11,13-16,18,21,24-25,28,36,38-39H,3-5,8-10,12H2,1-2H3,(H,34,35)(H2,30,31,32)/t15?,18?,21-,24-,25-,28-/m1/s1. The quantitative estimate of drug-likeness (QED) is 0.213. The van der Waals surface area contributed by atoms with Crippen LogP contribution in [0.2, 0.25) is 0 Å². The van der Waals surface area contributed by atoms with Crippen LogP contribution in [0.1, 0.15) is 75.9 Å². The van der Waals surface area contributed by atoms with Gasteiger partial charge in [-0.05, 0) is 81.9 Å². The number of hydrogen-bond donors (Lipinski definition) is 5. The van der Waals surface area contributed by atoms with Crippen molar-refractivity contribution in [3.8, 4) is 0 Å². The van der Waals surface area contributed by atoms with Crippen LogP contribution in [-0.4, -0.2) is 69.6 Å². The average Bonchev–Trinajstić information content (AvgIpc) is 3.44. The number of imidazole rings is 2. The number of H-pyrrole nitrogens is 1. The monoisotopic (exact) mass is 546 g/mol. The number of aliphatic hydroxyl groups excluding tert-OH is 2. The topological polar surface area (TPSA) is 160 Å². The zero-order valence-corrected chi connectivity index (χ0v) is 23.0. The van der Waals surface area contributed by atoms with Crippen LogP contribution in [0.5, 0.6) is 0 Å². The Balaban J connectivity index is 0.909. The maximum Gasteiger partial charge on any atom is 0.167 e. The SMILES string of the molecule is CC(C)(C[C@H]1O[C@@H](n2cnc3c(N)ncnc32)[C@H](O)[C@@H]1O)NC1CC(CCc2nc3cc(C4CC4)ccc3[nH]2)C1. The molecule has 3 aliphatic rings. The van der Waals surface area contributed by atoms with E-state index >= 15 is 0 Å². The molecule has 1 aromatic carbocycles. The molecule has 11 nitrogen and oxygen atoms in total. The lowest BCUT2D eigenvalue weighted by Crippen LogP contribution is -2.53. The summed E-state index contributed by atoms with van der Waals surface area (Å²) in [6.45, 7) is 4.25. The van der Waals surface area contributed by atoms with Gasteiger partial charge in [0, 0.05) is 18.0 Å². The van der Waals surface area contributed by atoms with E-state index in [1.807, 2.05) is 0 Å². The Morgan fingerprint density at radius 3 is 2.77 bits per heavy atom. The van der Waals surface area contributed by atoms with E-state index in [4.69, 9.17) is 15.5 Å². The molecule has 212 valence electrons. The van der Waals surface area contributed by atoms with E-state index in [0.717, 1.165) is 48.5 Å². The molecule has 4 aromatic rings. The molecule has 4 heterocycles. The number of hydrogen-bond acceptors (Lipinski definition) is 9. The van der Waals surface area contributed by atoms with Gasteiger partial charge in [0.15, 0.2) is 17.7 Å². The molecule has 0 radical (unpaired) electrons. The summed E-state index contributed by atoms with van der Waals surface area (Å²) in [4.78, 5) is 20.8. The maximum atomic E-state index is 10.8. The highest BCUT2D eigenvalue weighted by Gasteiger charge is 2.46. The second-order valence-electron chi connectivity index (χ2n) is 12.7. The molecule has 0 bridgehead atoms. The van der Waals surface area contributed by atoms with Crippen molar-refractivity contribution in [2.75, 3.05) is 5.73 Å². The number of nitrogen functional groups attached to an aromatic ring is 1. The van der Waals surface area contributed by atoms with Gasteiger partial charge in [0.05, 0.1) is 23.5 Å². The summed E-state index contributed by atoms with van der Waals surface area (Å²) < 4.78 is 7.79. The smallest absolute Gasteiger partial charge is 0.167 e. The van der Waals surface area contributed by atoms with Crippen LogP contribution in [-0.2, 0) is 11.2 Å². The van der Waals surface area contributed by atoms with Gasteiger partial charge in [-0.2, -0.15) is 0 Å². The molecule has 3 fully saturated rings. The van der Waals surface area contributed by atoms with Crippen LogP contribution in [0.3, 0.4) is 0 Å².